The van der Waals surface area contributed by atoms with Gasteiger partial charge in [0.25, 0.3) is 11.8 Å². The fourth-order valence-electron chi connectivity index (χ4n) is 4.28. The predicted molar refractivity (Wildman–Crippen MR) is 145 cm³/mol. The van der Waals surface area contributed by atoms with Crippen molar-refractivity contribution in [1.29, 1.82) is 0 Å². The van der Waals surface area contributed by atoms with Crippen LogP contribution in [-0.4, -0.2) is 50.5 Å². The smallest absolute Gasteiger partial charge is 0.275 e. The number of pyridine rings is 2. The van der Waals surface area contributed by atoms with Gasteiger partial charge in [0.2, 0.25) is 0 Å². The van der Waals surface area contributed by atoms with Crippen molar-refractivity contribution in [2.75, 3.05) is 24.2 Å². The molecule has 36 heavy (non-hydrogen) atoms. The third-order valence-corrected chi connectivity index (χ3v) is 8.11. The molecular formula is C27H25N5O2S2. The van der Waals surface area contributed by atoms with E-state index in [1.165, 1.54) is 23.1 Å². The summed E-state index contributed by atoms with van der Waals surface area (Å²) in [6.45, 7) is 5.04. The molecule has 0 bridgehead atoms. The average molecular weight is 516 g/mol. The van der Waals surface area contributed by atoms with Crippen LogP contribution in [0.25, 0.3) is 10.9 Å². The number of aromatic nitrogens is 3. The maximum atomic E-state index is 13.2. The number of carbonyl (C=O) groups is 2. The van der Waals surface area contributed by atoms with Crippen LogP contribution < -0.4 is 5.32 Å². The number of para-hydroxylation sites is 1. The molecule has 1 aliphatic heterocycles. The Labute approximate surface area is 217 Å². The molecule has 3 aromatic heterocycles. The van der Waals surface area contributed by atoms with Crippen LogP contribution in [0.3, 0.4) is 0 Å². The van der Waals surface area contributed by atoms with Gasteiger partial charge in [0.1, 0.15) is 10.7 Å². The fraction of sp³-hybridized carbons (Fsp3) is 0.222. The summed E-state index contributed by atoms with van der Waals surface area (Å²) in [6, 6.07) is 13.2. The molecule has 0 spiro atoms. The van der Waals surface area contributed by atoms with Gasteiger partial charge in [-0.1, -0.05) is 24.3 Å². The molecule has 0 atom stereocenters. The molecule has 2 amide bonds. The highest BCUT2D eigenvalue weighted by atomic mass is 32.2. The van der Waals surface area contributed by atoms with Gasteiger partial charge in [-0.3, -0.25) is 14.6 Å². The molecular weight excluding hydrogens is 490 g/mol. The number of hydrogen-bond acceptors (Lipinski definition) is 7. The van der Waals surface area contributed by atoms with Gasteiger partial charge in [0.05, 0.1) is 21.8 Å². The molecule has 0 unspecified atom stereocenters. The Morgan fingerprint density at radius 2 is 1.89 bits per heavy atom. The Balaban J connectivity index is 1.22. The Bertz CT molecular complexity index is 1410. The van der Waals surface area contributed by atoms with Crippen LogP contribution in [0.4, 0.5) is 5.69 Å². The van der Waals surface area contributed by atoms with Crippen molar-refractivity contribution in [3.8, 4) is 0 Å². The highest BCUT2D eigenvalue weighted by Crippen LogP contribution is 2.32. The quantitative estimate of drug-likeness (QED) is 0.253. The molecule has 4 heterocycles. The zero-order chi connectivity index (χ0) is 24.9. The average Bonchev–Trinajstić information content (AvgIpc) is 3.43. The Hall–Kier alpha value is -3.56. The zero-order valence-corrected chi connectivity index (χ0v) is 21.2. The fourth-order valence-corrected chi connectivity index (χ4v) is 5.97. The number of thiazole rings is 1. The molecule has 1 fully saturated rings. The lowest BCUT2D eigenvalue weighted by molar-refractivity contribution is 0.0708. The van der Waals surface area contributed by atoms with E-state index in [1.54, 1.807) is 29.9 Å². The van der Waals surface area contributed by atoms with Crippen molar-refractivity contribution in [2.24, 2.45) is 0 Å². The van der Waals surface area contributed by atoms with Gasteiger partial charge in [0.15, 0.2) is 0 Å². The van der Waals surface area contributed by atoms with E-state index in [1.807, 2.05) is 41.3 Å². The van der Waals surface area contributed by atoms with Crippen molar-refractivity contribution >= 4 is 51.5 Å². The molecule has 1 aromatic carbocycles. The van der Waals surface area contributed by atoms with Crippen LogP contribution in [0.2, 0.25) is 0 Å². The second kappa shape index (κ2) is 11.0. The van der Waals surface area contributed by atoms with E-state index in [0.29, 0.717) is 35.8 Å². The first-order valence-electron chi connectivity index (χ1n) is 11.7. The summed E-state index contributed by atoms with van der Waals surface area (Å²) in [4.78, 5) is 41.4. The largest absolute Gasteiger partial charge is 0.339 e. The standard InChI is InChI=1S/C27H25N5O2S2/c1-2-16-35-26-20(8-5-13-29-26)27(34)32-14-10-19(11-15-32)25-31-22(17-36-25)24(33)30-21-9-3-6-18-7-4-12-28-23(18)21/h2-9,12-13,17,19H,1,10-11,14-16H2,(H,30,33). The van der Waals surface area contributed by atoms with Gasteiger partial charge < -0.3 is 10.2 Å². The lowest BCUT2D eigenvalue weighted by atomic mass is 9.97. The number of likely N-dealkylation sites (tertiary alicyclic amines) is 1. The maximum absolute atomic E-state index is 13.2. The predicted octanol–water partition coefficient (Wildman–Crippen LogP) is 5.64. The van der Waals surface area contributed by atoms with Gasteiger partial charge in [0, 0.05) is 47.9 Å². The van der Waals surface area contributed by atoms with Crippen LogP contribution in [0.1, 0.15) is 44.6 Å². The third kappa shape index (κ3) is 5.17. The van der Waals surface area contributed by atoms with Crippen LogP contribution in [0.5, 0.6) is 0 Å². The minimum atomic E-state index is -0.246. The van der Waals surface area contributed by atoms with Crippen molar-refractivity contribution < 1.29 is 9.59 Å². The van der Waals surface area contributed by atoms with Crippen molar-refractivity contribution in [3.63, 3.8) is 0 Å². The van der Waals surface area contributed by atoms with Gasteiger partial charge in [-0.15, -0.1) is 29.7 Å². The van der Waals surface area contributed by atoms with Gasteiger partial charge in [-0.25, -0.2) is 9.97 Å². The summed E-state index contributed by atoms with van der Waals surface area (Å²) in [5.41, 5.74) is 2.46. The molecule has 182 valence electrons. The number of anilines is 1. The minimum Gasteiger partial charge on any atom is -0.339 e. The number of nitrogens with zero attached hydrogens (tertiary/aromatic N) is 4. The first-order valence-corrected chi connectivity index (χ1v) is 13.6. The number of hydrogen-bond donors (Lipinski definition) is 1. The summed E-state index contributed by atoms with van der Waals surface area (Å²) in [6.07, 6.45) is 6.85. The van der Waals surface area contributed by atoms with Crippen LogP contribution in [-0.2, 0) is 0 Å². The Morgan fingerprint density at radius 1 is 1.11 bits per heavy atom. The molecule has 0 aliphatic carbocycles. The molecule has 7 nitrogen and oxygen atoms in total. The minimum absolute atomic E-state index is 0.0102. The maximum Gasteiger partial charge on any atom is 0.275 e. The van der Waals surface area contributed by atoms with E-state index in [2.05, 4.69) is 26.8 Å². The highest BCUT2D eigenvalue weighted by Gasteiger charge is 2.28. The van der Waals surface area contributed by atoms with Crippen LogP contribution >= 0.6 is 23.1 Å². The molecule has 9 heteroatoms. The number of thioether (sulfide) groups is 1. The lowest BCUT2D eigenvalue weighted by Crippen LogP contribution is -2.38. The van der Waals surface area contributed by atoms with Gasteiger partial charge in [-0.2, -0.15) is 0 Å². The van der Waals surface area contributed by atoms with E-state index in [9.17, 15) is 9.59 Å². The highest BCUT2D eigenvalue weighted by molar-refractivity contribution is 7.99. The third-order valence-electron chi connectivity index (χ3n) is 6.11. The van der Waals surface area contributed by atoms with E-state index in [0.717, 1.165) is 33.8 Å². The normalized spacial score (nSPS) is 14.1. The summed E-state index contributed by atoms with van der Waals surface area (Å²) in [5.74, 6) is 0.694. The zero-order valence-electron chi connectivity index (χ0n) is 19.6. The van der Waals surface area contributed by atoms with Crippen LogP contribution in [0.15, 0.2) is 77.9 Å². The summed E-state index contributed by atoms with van der Waals surface area (Å²) < 4.78 is 0. The molecule has 1 N–H and O–H groups in total. The Morgan fingerprint density at radius 3 is 2.72 bits per heavy atom. The lowest BCUT2D eigenvalue weighted by Gasteiger charge is -2.31. The summed E-state index contributed by atoms with van der Waals surface area (Å²) in [7, 11) is 0. The molecule has 1 aliphatic rings. The monoisotopic (exact) mass is 515 g/mol. The van der Waals surface area contributed by atoms with E-state index in [-0.39, 0.29) is 17.7 Å². The van der Waals surface area contributed by atoms with Crippen molar-refractivity contribution in [1.82, 2.24) is 19.9 Å². The number of benzene rings is 1. The first-order chi connectivity index (χ1) is 17.6. The topological polar surface area (TPSA) is 88.1 Å². The molecule has 4 aromatic rings. The number of amides is 2. The number of nitrogens with one attached hydrogen (secondary N) is 1. The van der Waals surface area contributed by atoms with Crippen molar-refractivity contribution in [3.05, 3.63) is 89.2 Å². The number of rotatable bonds is 7. The molecule has 0 radical (unpaired) electrons. The van der Waals surface area contributed by atoms with Crippen LogP contribution in [0, 0.1) is 0 Å². The molecule has 5 rings (SSSR count). The first kappa shape index (κ1) is 24.1. The van der Waals surface area contributed by atoms with Crippen molar-refractivity contribution in [2.45, 2.75) is 23.8 Å². The molecule has 1 saturated heterocycles. The number of piperidine rings is 1. The number of carbonyl (C=O) groups excluding carboxylic acids is 2. The second-order valence-electron chi connectivity index (χ2n) is 8.43. The second-order valence-corrected chi connectivity index (χ2v) is 10.3. The molecule has 0 saturated carbocycles. The summed E-state index contributed by atoms with van der Waals surface area (Å²) in [5, 5.41) is 7.40. The van der Waals surface area contributed by atoms with Gasteiger partial charge in [-0.05, 0) is 37.1 Å². The number of fused-ring (bicyclic) bond motifs is 1. The van der Waals surface area contributed by atoms with Gasteiger partial charge >= 0.3 is 0 Å². The van der Waals surface area contributed by atoms with E-state index in [4.69, 9.17) is 0 Å². The Kier molecular flexibility index (Phi) is 7.39. The SMILES string of the molecule is C=CCSc1ncccc1C(=O)N1CCC(c2nc(C(=O)Nc3cccc4cccnc34)cs2)CC1. The van der Waals surface area contributed by atoms with E-state index < -0.39 is 0 Å². The summed E-state index contributed by atoms with van der Waals surface area (Å²) >= 11 is 3.02. The van der Waals surface area contributed by atoms with E-state index >= 15 is 0 Å².